The molecular weight excluding hydrogens is 348 g/mol. The lowest BCUT2D eigenvalue weighted by atomic mass is 9.99. The Morgan fingerprint density at radius 1 is 1.11 bits per heavy atom. The van der Waals surface area contributed by atoms with Gasteiger partial charge >= 0.3 is 0 Å². The van der Waals surface area contributed by atoms with Gasteiger partial charge in [-0.3, -0.25) is 9.69 Å². The summed E-state index contributed by atoms with van der Waals surface area (Å²) in [6, 6.07) is 16.1. The lowest BCUT2D eigenvalue weighted by molar-refractivity contribution is 0.0947. The molecule has 2 aromatic carbocycles. The highest BCUT2D eigenvalue weighted by Gasteiger charge is 2.16. The molecule has 0 radical (unpaired) electrons. The molecule has 0 aromatic heterocycles. The summed E-state index contributed by atoms with van der Waals surface area (Å²) in [5, 5.41) is 2.92. The van der Waals surface area contributed by atoms with Crippen molar-refractivity contribution in [2.75, 3.05) is 26.2 Å². The van der Waals surface area contributed by atoms with E-state index in [0.29, 0.717) is 18.7 Å². The molecule has 1 fully saturated rings. The minimum atomic E-state index is -0.0527. The highest BCUT2D eigenvalue weighted by molar-refractivity contribution is 5.94. The average molecular weight is 381 g/mol. The predicted molar refractivity (Wildman–Crippen MR) is 114 cm³/mol. The minimum Gasteiger partial charge on any atom is -0.492 e. The topological polar surface area (TPSA) is 41.6 Å². The van der Waals surface area contributed by atoms with Gasteiger partial charge in [-0.25, -0.2) is 0 Å². The van der Waals surface area contributed by atoms with Gasteiger partial charge in [-0.05, 0) is 67.1 Å². The van der Waals surface area contributed by atoms with Gasteiger partial charge in [0.2, 0.25) is 0 Å². The Labute approximate surface area is 168 Å². The van der Waals surface area contributed by atoms with Crippen LogP contribution in [-0.2, 0) is 13.0 Å². The number of carbonyl (C=O) groups excluding carboxylic acids is 1. The molecule has 1 N–H and O–H groups in total. The number of benzene rings is 2. The maximum absolute atomic E-state index is 12.3. The van der Waals surface area contributed by atoms with Crippen molar-refractivity contribution in [2.24, 2.45) is 5.92 Å². The second-order valence-electron chi connectivity index (χ2n) is 7.78. The van der Waals surface area contributed by atoms with E-state index < -0.39 is 0 Å². The average Bonchev–Trinajstić information content (AvgIpc) is 2.72. The van der Waals surface area contributed by atoms with Crippen LogP contribution in [0.5, 0.6) is 5.75 Å². The SMILES string of the molecule is CCc1ccc(OCCNC(=O)c2ccc(CN3CCC[C@H](C)C3)cc2)cc1. The minimum absolute atomic E-state index is 0.0527. The fourth-order valence-electron chi connectivity index (χ4n) is 3.71. The van der Waals surface area contributed by atoms with Crippen LogP contribution in [0.15, 0.2) is 48.5 Å². The number of nitrogens with zero attached hydrogens (tertiary/aromatic N) is 1. The summed E-state index contributed by atoms with van der Waals surface area (Å²) in [5.74, 6) is 1.57. The molecule has 0 bridgehead atoms. The Kier molecular flexibility index (Phi) is 7.49. The first-order chi connectivity index (χ1) is 13.6. The van der Waals surface area contributed by atoms with Gasteiger partial charge < -0.3 is 10.1 Å². The Balaban J connectivity index is 1.40. The van der Waals surface area contributed by atoms with Gasteiger partial charge in [-0.2, -0.15) is 0 Å². The normalized spacial score (nSPS) is 17.3. The Hall–Kier alpha value is -2.33. The zero-order valence-electron chi connectivity index (χ0n) is 17.1. The van der Waals surface area contributed by atoms with Gasteiger partial charge in [0.25, 0.3) is 5.91 Å². The van der Waals surface area contributed by atoms with Crippen molar-refractivity contribution in [3.8, 4) is 5.75 Å². The quantitative estimate of drug-likeness (QED) is 0.695. The summed E-state index contributed by atoms with van der Waals surface area (Å²) >= 11 is 0. The second-order valence-corrected chi connectivity index (χ2v) is 7.78. The summed E-state index contributed by atoms with van der Waals surface area (Å²) in [5.41, 5.74) is 3.26. The standard InChI is InChI=1S/C24H32N2O2/c1-3-20-8-12-23(13-9-20)28-16-14-25-24(27)22-10-6-21(7-11-22)18-26-15-4-5-19(2)17-26/h6-13,19H,3-5,14-18H2,1-2H3,(H,25,27)/t19-/m0/s1. The van der Waals surface area contributed by atoms with E-state index >= 15 is 0 Å². The number of ether oxygens (including phenoxy) is 1. The summed E-state index contributed by atoms with van der Waals surface area (Å²) in [4.78, 5) is 14.8. The van der Waals surface area contributed by atoms with E-state index in [0.717, 1.165) is 24.6 Å². The molecule has 1 heterocycles. The van der Waals surface area contributed by atoms with E-state index in [1.807, 2.05) is 24.3 Å². The van der Waals surface area contributed by atoms with Crippen molar-refractivity contribution in [2.45, 2.75) is 39.7 Å². The van der Waals surface area contributed by atoms with E-state index in [4.69, 9.17) is 4.74 Å². The number of carbonyl (C=O) groups is 1. The number of rotatable bonds is 8. The highest BCUT2D eigenvalue weighted by atomic mass is 16.5. The largest absolute Gasteiger partial charge is 0.492 e. The number of aryl methyl sites for hydroxylation is 1. The maximum Gasteiger partial charge on any atom is 0.251 e. The fraction of sp³-hybridized carbons (Fsp3) is 0.458. The van der Waals surface area contributed by atoms with Crippen LogP contribution < -0.4 is 10.1 Å². The molecular formula is C24H32N2O2. The van der Waals surface area contributed by atoms with Crippen molar-refractivity contribution in [3.05, 3.63) is 65.2 Å². The van der Waals surface area contributed by atoms with E-state index in [-0.39, 0.29) is 5.91 Å². The molecule has 0 spiro atoms. The van der Waals surface area contributed by atoms with Gasteiger partial charge in [-0.15, -0.1) is 0 Å². The number of likely N-dealkylation sites (tertiary alicyclic amines) is 1. The number of hydrogen-bond donors (Lipinski definition) is 1. The van der Waals surface area contributed by atoms with Gasteiger partial charge in [0.15, 0.2) is 0 Å². The number of nitrogens with one attached hydrogen (secondary N) is 1. The molecule has 3 rings (SSSR count). The highest BCUT2D eigenvalue weighted by Crippen LogP contribution is 2.18. The molecule has 28 heavy (non-hydrogen) atoms. The van der Waals surface area contributed by atoms with Crippen molar-refractivity contribution < 1.29 is 9.53 Å². The summed E-state index contributed by atoms with van der Waals surface area (Å²) in [6.45, 7) is 8.72. The van der Waals surface area contributed by atoms with E-state index in [2.05, 4.69) is 48.3 Å². The summed E-state index contributed by atoms with van der Waals surface area (Å²) in [7, 11) is 0. The number of amides is 1. The second kappa shape index (κ2) is 10.3. The Morgan fingerprint density at radius 3 is 2.50 bits per heavy atom. The van der Waals surface area contributed by atoms with Crippen LogP contribution in [0.25, 0.3) is 0 Å². The van der Waals surface area contributed by atoms with Gasteiger partial charge in [0, 0.05) is 18.7 Å². The molecule has 2 aromatic rings. The molecule has 1 aliphatic heterocycles. The zero-order chi connectivity index (χ0) is 19.8. The smallest absolute Gasteiger partial charge is 0.251 e. The first kappa shape index (κ1) is 20.4. The monoisotopic (exact) mass is 380 g/mol. The first-order valence-corrected chi connectivity index (χ1v) is 10.4. The Bertz CT molecular complexity index is 740. The van der Waals surface area contributed by atoms with Crippen molar-refractivity contribution in [3.63, 3.8) is 0 Å². The van der Waals surface area contributed by atoms with E-state index in [9.17, 15) is 4.79 Å². The van der Waals surface area contributed by atoms with Crippen LogP contribution in [0.1, 0.15) is 48.2 Å². The molecule has 1 saturated heterocycles. The number of hydrogen-bond acceptors (Lipinski definition) is 3. The Morgan fingerprint density at radius 2 is 1.82 bits per heavy atom. The third-order valence-corrected chi connectivity index (χ3v) is 5.35. The van der Waals surface area contributed by atoms with Gasteiger partial charge in [-0.1, -0.05) is 38.1 Å². The molecule has 1 aliphatic rings. The van der Waals surface area contributed by atoms with Gasteiger partial charge in [0.05, 0.1) is 6.54 Å². The number of piperidine rings is 1. The van der Waals surface area contributed by atoms with Crippen molar-refractivity contribution >= 4 is 5.91 Å². The lowest BCUT2D eigenvalue weighted by Crippen LogP contribution is -2.33. The van der Waals surface area contributed by atoms with E-state index in [1.165, 1.54) is 37.1 Å². The fourth-order valence-corrected chi connectivity index (χ4v) is 3.71. The molecule has 4 heteroatoms. The molecule has 1 atom stereocenters. The summed E-state index contributed by atoms with van der Waals surface area (Å²) in [6.07, 6.45) is 3.64. The third-order valence-electron chi connectivity index (χ3n) is 5.35. The van der Waals surface area contributed by atoms with Crippen LogP contribution in [0, 0.1) is 5.92 Å². The predicted octanol–water partition coefficient (Wildman–Crippen LogP) is 4.29. The third kappa shape index (κ3) is 6.10. The van der Waals surface area contributed by atoms with E-state index in [1.54, 1.807) is 0 Å². The maximum atomic E-state index is 12.3. The van der Waals surface area contributed by atoms with Crippen molar-refractivity contribution in [1.29, 1.82) is 0 Å². The molecule has 1 amide bonds. The zero-order valence-corrected chi connectivity index (χ0v) is 17.1. The molecule has 0 saturated carbocycles. The lowest BCUT2D eigenvalue weighted by Gasteiger charge is -2.30. The van der Waals surface area contributed by atoms with Crippen LogP contribution >= 0.6 is 0 Å². The van der Waals surface area contributed by atoms with Crippen LogP contribution in [-0.4, -0.2) is 37.0 Å². The first-order valence-electron chi connectivity index (χ1n) is 10.4. The van der Waals surface area contributed by atoms with Gasteiger partial charge in [0.1, 0.15) is 12.4 Å². The molecule has 0 aliphatic carbocycles. The molecule has 0 unspecified atom stereocenters. The van der Waals surface area contributed by atoms with Crippen LogP contribution in [0.3, 0.4) is 0 Å². The van der Waals surface area contributed by atoms with Crippen LogP contribution in [0.4, 0.5) is 0 Å². The summed E-state index contributed by atoms with van der Waals surface area (Å²) < 4.78 is 5.68. The molecule has 4 nitrogen and oxygen atoms in total. The van der Waals surface area contributed by atoms with Crippen LogP contribution in [0.2, 0.25) is 0 Å². The molecule has 150 valence electrons. The van der Waals surface area contributed by atoms with Crippen molar-refractivity contribution in [1.82, 2.24) is 10.2 Å².